The van der Waals surface area contributed by atoms with Crippen molar-refractivity contribution >= 4 is 31.9 Å². The number of carbonyl (C=O) groups excluding carboxylic acids is 1. The molecule has 1 aromatic rings. The van der Waals surface area contributed by atoms with Crippen LogP contribution in [0, 0.1) is 6.92 Å². The fraction of sp³-hybridized carbons (Fsp3) is 0.462. The van der Waals surface area contributed by atoms with Crippen LogP contribution in [0.4, 0.5) is 0 Å². The number of carbonyl (C=O) groups is 1. The van der Waals surface area contributed by atoms with Crippen molar-refractivity contribution in [3.8, 4) is 0 Å². The van der Waals surface area contributed by atoms with Crippen molar-refractivity contribution in [1.82, 2.24) is 14.9 Å². The van der Waals surface area contributed by atoms with Crippen molar-refractivity contribution in [2.45, 2.75) is 11.8 Å². The summed E-state index contributed by atoms with van der Waals surface area (Å²) in [5.74, 6) is -0.200. The molecular weight excluding hydrogens is 358 g/mol. The number of piperazine rings is 1. The molecule has 1 amide bonds. The van der Waals surface area contributed by atoms with Crippen molar-refractivity contribution < 1.29 is 13.2 Å². The zero-order valence-electron chi connectivity index (χ0n) is 11.7. The van der Waals surface area contributed by atoms with Crippen LogP contribution in [0.25, 0.3) is 0 Å². The molecule has 1 saturated heterocycles. The molecule has 116 valence electrons. The highest BCUT2D eigenvalue weighted by Gasteiger charge is 2.20. The van der Waals surface area contributed by atoms with E-state index in [4.69, 9.17) is 0 Å². The molecule has 21 heavy (non-hydrogen) atoms. The van der Waals surface area contributed by atoms with Gasteiger partial charge in [-0.3, -0.25) is 4.79 Å². The quantitative estimate of drug-likeness (QED) is 0.801. The molecule has 2 N–H and O–H groups in total. The molecule has 1 aromatic carbocycles. The lowest BCUT2D eigenvalue weighted by Gasteiger charge is -2.27. The number of sulfonamides is 1. The third kappa shape index (κ3) is 4.26. The molecular formula is C13H18BrN3O3S. The van der Waals surface area contributed by atoms with Gasteiger partial charge in [-0.15, -0.1) is 0 Å². The number of benzene rings is 1. The molecule has 0 spiro atoms. The van der Waals surface area contributed by atoms with Crippen LogP contribution in [-0.2, 0) is 14.8 Å². The third-order valence-corrected chi connectivity index (χ3v) is 5.61. The molecule has 0 saturated carbocycles. The summed E-state index contributed by atoms with van der Waals surface area (Å²) >= 11 is 3.33. The lowest BCUT2D eigenvalue weighted by Crippen LogP contribution is -2.49. The molecule has 0 atom stereocenters. The molecule has 0 aromatic heterocycles. The van der Waals surface area contributed by atoms with Gasteiger partial charge in [-0.1, -0.05) is 15.9 Å². The van der Waals surface area contributed by atoms with Crippen molar-refractivity contribution in [3.05, 3.63) is 28.2 Å². The summed E-state index contributed by atoms with van der Waals surface area (Å²) < 4.78 is 27.6. The zero-order chi connectivity index (χ0) is 15.5. The van der Waals surface area contributed by atoms with E-state index in [1.165, 1.54) is 6.07 Å². The number of hydrogen-bond donors (Lipinski definition) is 2. The van der Waals surface area contributed by atoms with Crippen LogP contribution < -0.4 is 10.0 Å². The molecule has 8 heteroatoms. The summed E-state index contributed by atoms with van der Waals surface area (Å²) in [5, 5.41) is 3.14. The second kappa shape index (κ2) is 6.87. The van der Waals surface area contributed by atoms with Gasteiger partial charge in [0.05, 0.1) is 11.4 Å². The van der Waals surface area contributed by atoms with Gasteiger partial charge in [0.2, 0.25) is 15.9 Å². The Morgan fingerprint density at radius 2 is 2.05 bits per heavy atom. The minimum atomic E-state index is -3.67. The summed E-state index contributed by atoms with van der Waals surface area (Å²) in [6.45, 7) is 4.30. The first-order valence-electron chi connectivity index (χ1n) is 6.64. The Labute approximate surface area is 133 Å². The van der Waals surface area contributed by atoms with E-state index in [1.807, 2.05) is 6.92 Å². The van der Waals surface area contributed by atoms with Gasteiger partial charge in [0.25, 0.3) is 0 Å². The van der Waals surface area contributed by atoms with Gasteiger partial charge in [0.15, 0.2) is 0 Å². The Morgan fingerprint density at radius 3 is 2.67 bits per heavy atom. The maximum atomic E-state index is 12.2. The topological polar surface area (TPSA) is 78.5 Å². The van der Waals surface area contributed by atoms with Crippen LogP contribution in [0.2, 0.25) is 0 Å². The summed E-state index contributed by atoms with van der Waals surface area (Å²) in [6, 6.07) is 4.76. The van der Waals surface area contributed by atoms with E-state index in [1.54, 1.807) is 17.0 Å². The Morgan fingerprint density at radius 1 is 1.38 bits per heavy atom. The van der Waals surface area contributed by atoms with E-state index in [2.05, 4.69) is 26.0 Å². The fourth-order valence-corrected chi connectivity index (χ4v) is 3.36. The maximum absolute atomic E-state index is 12.2. The predicted molar refractivity (Wildman–Crippen MR) is 83.5 cm³/mol. The van der Waals surface area contributed by atoms with Crippen molar-refractivity contribution in [1.29, 1.82) is 0 Å². The second-order valence-electron chi connectivity index (χ2n) is 4.87. The van der Waals surface area contributed by atoms with Crippen molar-refractivity contribution in [2.75, 3.05) is 32.7 Å². The third-order valence-electron chi connectivity index (χ3n) is 3.32. The zero-order valence-corrected chi connectivity index (χ0v) is 14.1. The smallest absolute Gasteiger partial charge is 0.241 e. The van der Waals surface area contributed by atoms with E-state index in [-0.39, 0.29) is 17.3 Å². The van der Waals surface area contributed by atoms with Gasteiger partial charge in [-0.2, -0.15) is 0 Å². The Bertz CT molecular complexity index is 628. The number of amides is 1. The van der Waals surface area contributed by atoms with Crippen LogP contribution in [0.15, 0.2) is 27.6 Å². The van der Waals surface area contributed by atoms with Gasteiger partial charge in [-0.05, 0) is 30.7 Å². The molecule has 0 radical (unpaired) electrons. The van der Waals surface area contributed by atoms with E-state index in [9.17, 15) is 13.2 Å². The average molecular weight is 376 g/mol. The van der Waals surface area contributed by atoms with E-state index in [0.29, 0.717) is 13.1 Å². The molecule has 1 aliphatic rings. The largest absolute Gasteiger partial charge is 0.339 e. The number of nitrogens with zero attached hydrogens (tertiary/aromatic N) is 1. The Kier molecular flexibility index (Phi) is 5.37. The van der Waals surface area contributed by atoms with Crippen LogP contribution in [-0.4, -0.2) is 51.9 Å². The summed E-state index contributed by atoms with van der Waals surface area (Å²) in [6.07, 6.45) is 0. The first-order chi connectivity index (χ1) is 9.90. The first-order valence-corrected chi connectivity index (χ1v) is 8.92. The lowest BCUT2D eigenvalue weighted by molar-refractivity contribution is -0.130. The minimum absolute atomic E-state index is 0.163. The highest BCUT2D eigenvalue weighted by molar-refractivity contribution is 9.10. The average Bonchev–Trinajstić information content (AvgIpc) is 2.48. The Balaban J connectivity index is 2.00. The summed E-state index contributed by atoms with van der Waals surface area (Å²) in [4.78, 5) is 13.8. The van der Waals surface area contributed by atoms with Gasteiger partial charge < -0.3 is 10.2 Å². The highest BCUT2D eigenvalue weighted by atomic mass is 79.9. The van der Waals surface area contributed by atoms with Gasteiger partial charge in [0.1, 0.15) is 0 Å². The second-order valence-corrected chi connectivity index (χ2v) is 7.49. The van der Waals surface area contributed by atoms with Crippen molar-refractivity contribution in [2.24, 2.45) is 0 Å². The number of rotatable bonds is 4. The normalized spacial score (nSPS) is 16.0. The van der Waals surface area contributed by atoms with Gasteiger partial charge >= 0.3 is 0 Å². The molecule has 6 nitrogen and oxygen atoms in total. The number of halogens is 1. The molecule has 1 aliphatic heterocycles. The van der Waals surface area contributed by atoms with Gasteiger partial charge in [-0.25, -0.2) is 13.1 Å². The molecule has 1 heterocycles. The van der Waals surface area contributed by atoms with Crippen LogP contribution in [0.1, 0.15) is 5.56 Å². The molecule has 0 unspecified atom stereocenters. The van der Waals surface area contributed by atoms with Crippen molar-refractivity contribution in [3.63, 3.8) is 0 Å². The van der Waals surface area contributed by atoms with Crippen LogP contribution in [0.5, 0.6) is 0 Å². The van der Waals surface area contributed by atoms with Crippen LogP contribution in [0.3, 0.4) is 0 Å². The highest BCUT2D eigenvalue weighted by Crippen LogP contribution is 2.19. The summed E-state index contributed by atoms with van der Waals surface area (Å²) in [5.41, 5.74) is 0.825. The first kappa shape index (κ1) is 16.4. The fourth-order valence-electron chi connectivity index (χ4n) is 2.05. The molecule has 2 rings (SSSR count). The van der Waals surface area contributed by atoms with E-state index >= 15 is 0 Å². The van der Waals surface area contributed by atoms with E-state index < -0.39 is 10.0 Å². The monoisotopic (exact) mass is 375 g/mol. The minimum Gasteiger partial charge on any atom is -0.339 e. The standard InChI is InChI=1S/C13H18BrN3O3S/c1-10-8-11(2-3-12(10)14)21(19,20)16-9-13(18)17-6-4-15-5-7-17/h2-3,8,15-16H,4-7,9H2,1H3. The number of aryl methyl sites for hydroxylation is 1. The number of hydrogen-bond acceptors (Lipinski definition) is 4. The predicted octanol–water partition coefficient (Wildman–Crippen LogP) is 0.468. The number of nitrogens with one attached hydrogen (secondary N) is 2. The van der Waals surface area contributed by atoms with Gasteiger partial charge in [0, 0.05) is 30.7 Å². The van der Waals surface area contributed by atoms with E-state index in [0.717, 1.165) is 23.1 Å². The molecule has 0 aliphatic carbocycles. The molecule has 1 fully saturated rings. The van der Waals surface area contributed by atoms with Crippen LogP contribution >= 0.6 is 15.9 Å². The SMILES string of the molecule is Cc1cc(S(=O)(=O)NCC(=O)N2CCNCC2)ccc1Br. The summed E-state index contributed by atoms with van der Waals surface area (Å²) in [7, 11) is -3.67. The maximum Gasteiger partial charge on any atom is 0.241 e. The lowest BCUT2D eigenvalue weighted by atomic mass is 10.2. The molecule has 0 bridgehead atoms. The Hall–Kier alpha value is -0.960.